The zero-order chi connectivity index (χ0) is 11.9. The van der Waals surface area contributed by atoms with Crippen LogP contribution in [0.4, 0.5) is 5.69 Å². The van der Waals surface area contributed by atoms with Crippen LogP contribution in [0, 0.1) is 5.92 Å². The number of aldehydes is 1. The third kappa shape index (κ3) is 1.32. The summed E-state index contributed by atoms with van der Waals surface area (Å²) in [4.78, 5) is 22.6. The van der Waals surface area contributed by atoms with Crippen LogP contribution in [0.3, 0.4) is 0 Å². The molecule has 1 amide bonds. The van der Waals surface area contributed by atoms with Crippen molar-refractivity contribution in [1.82, 2.24) is 0 Å². The summed E-state index contributed by atoms with van der Waals surface area (Å²) in [5, 5.41) is 13.0. The highest BCUT2D eigenvalue weighted by molar-refractivity contribution is 9.10. The zero-order valence-electron chi connectivity index (χ0n) is 8.53. The van der Waals surface area contributed by atoms with Gasteiger partial charge in [-0.25, -0.2) is 0 Å². The van der Waals surface area contributed by atoms with Gasteiger partial charge in [-0.3, -0.25) is 4.79 Å². The fraction of sp³-hybridized carbons (Fsp3) is 0.273. The lowest BCUT2D eigenvalue weighted by atomic mass is 9.84. The van der Waals surface area contributed by atoms with Crippen LogP contribution >= 0.6 is 15.9 Å². The Kier molecular flexibility index (Phi) is 2.59. The first-order chi connectivity index (χ1) is 7.51. The fourth-order valence-electron chi connectivity index (χ4n) is 1.88. The lowest BCUT2D eigenvalue weighted by Crippen LogP contribution is -2.41. The molecule has 16 heavy (non-hydrogen) atoms. The van der Waals surface area contributed by atoms with Gasteiger partial charge in [-0.05, 0) is 12.1 Å². The van der Waals surface area contributed by atoms with Gasteiger partial charge < -0.3 is 15.2 Å². The number of hydrogen-bond donors (Lipinski definition) is 2. The summed E-state index contributed by atoms with van der Waals surface area (Å²) >= 11 is 3.28. The maximum atomic E-state index is 11.8. The Hall–Kier alpha value is -1.20. The van der Waals surface area contributed by atoms with Gasteiger partial charge in [0.25, 0.3) is 5.91 Å². The highest BCUT2D eigenvalue weighted by Crippen LogP contribution is 2.44. The molecule has 0 radical (unpaired) electrons. The predicted molar refractivity (Wildman–Crippen MR) is 61.9 cm³/mol. The average molecular weight is 284 g/mol. The van der Waals surface area contributed by atoms with Gasteiger partial charge in [0.2, 0.25) is 0 Å². The number of fused-ring (bicyclic) bond motifs is 1. The minimum atomic E-state index is -1.78. The van der Waals surface area contributed by atoms with E-state index >= 15 is 0 Å². The molecular formula is C11H10BrNO3. The molecule has 1 aromatic carbocycles. The largest absolute Gasteiger partial charge is 0.375 e. The lowest BCUT2D eigenvalue weighted by Gasteiger charge is -2.24. The second-order valence-electron chi connectivity index (χ2n) is 3.81. The van der Waals surface area contributed by atoms with E-state index in [2.05, 4.69) is 21.2 Å². The van der Waals surface area contributed by atoms with Crippen LogP contribution in [0.5, 0.6) is 0 Å². The Labute approximate surface area is 101 Å². The van der Waals surface area contributed by atoms with E-state index < -0.39 is 17.4 Å². The standard InChI is InChI=1S/C11H10BrNO3/c1-6(5-14)11(16)9-7(12)3-2-4-8(9)13-10(11)15/h2-6,16H,1H3,(H,13,15)/t6?,11-/m1/s1. The molecule has 1 aromatic rings. The molecule has 2 N–H and O–H groups in total. The maximum Gasteiger partial charge on any atom is 0.261 e. The Morgan fingerprint density at radius 1 is 1.56 bits per heavy atom. The van der Waals surface area contributed by atoms with Crippen LogP contribution in [0.1, 0.15) is 12.5 Å². The van der Waals surface area contributed by atoms with Crippen LogP contribution < -0.4 is 5.32 Å². The monoisotopic (exact) mass is 283 g/mol. The number of rotatable bonds is 2. The highest BCUT2D eigenvalue weighted by atomic mass is 79.9. The van der Waals surface area contributed by atoms with Crippen LogP contribution in [0.25, 0.3) is 0 Å². The molecule has 0 spiro atoms. The number of anilines is 1. The van der Waals surface area contributed by atoms with Gasteiger partial charge in [0.05, 0.1) is 5.92 Å². The van der Waals surface area contributed by atoms with Gasteiger partial charge in [0, 0.05) is 15.7 Å². The van der Waals surface area contributed by atoms with Gasteiger partial charge in [0.1, 0.15) is 6.29 Å². The molecule has 0 saturated heterocycles. The summed E-state index contributed by atoms with van der Waals surface area (Å²) in [5.74, 6) is -1.36. The number of benzene rings is 1. The Bertz CT molecular complexity index is 474. The molecule has 4 nitrogen and oxygen atoms in total. The summed E-state index contributed by atoms with van der Waals surface area (Å²) in [6.45, 7) is 1.52. The van der Waals surface area contributed by atoms with E-state index in [1.54, 1.807) is 18.2 Å². The van der Waals surface area contributed by atoms with E-state index in [9.17, 15) is 14.7 Å². The number of nitrogens with one attached hydrogen (secondary N) is 1. The molecule has 1 unspecified atom stereocenters. The van der Waals surface area contributed by atoms with E-state index in [4.69, 9.17) is 0 Å². The van der Waals surface area contributed by atoms with Crippen LogP contribution in [0.15, 0.2) is 22.7 Å². The van der Waals surface area contributed by atoms with E-state index in [1.807, 2.05) is 0 Å². The number of carbonyl (C=O) groups excluding carboxylic acids is 2. The van der Waals surface area contributed by atoms with Gasteiger partial charge in [-0.1, -0.05) is 28.9 Å². The van der Waals surface area contributed by atoms with Gasteiger partial charge in [-0.15, -0.1) is 0 Å². The highest BCUT2D eigenvalue weighted by Gasteiger charge is 2.50. The topological polar surface area (TPSA) is 66.4 Å². The molecule has 1 heterocycles. The van der Waals surface area contributed by atoms with Crippen molar-refractivity contribution >= 4 is 33.8 Å². The summed E-state index contributed by atoms with van der Waals surface area (Å²) < 4.78 is 0.611. The minimum Gasteiger partial charge on any atom is -0.375 e. The fourth-order valence-corrected chi connectivity index (χ4v) is 2.55. The zero-order valence-corrected chi connectivity index (χ0v) is 10.1. The molecule has 0 bridgehead atoms. The summed E-state index contributed by atoms with van der Waals surface area (Å²) in [5.41, 5.74) is -0.813. The van der Waals surface area contributed by atoms with Gasteiger partial charge in [-0.2, -0.15) is 0 Å². The van der Waals surface area contributed by atoms with Crippen molar-refractivity contribution in [3.63, 3.8) is 0 Å². The molecule has 0 fully saturated rings. The Morgan fingerprint density at radius 3 is 2.88 bits per heavy atom. The van der Waals surface area contributed by atoms with E-state index in [1.165, 1.54) is 6.92 Å². The van der Waals surface area contributed by atoms with Crippen molar-refractivity contribution < 1.29 is 14.7 Å². The number of amides is 1. The first-order valence-electron chi connectivity index (χ1n) is 4.80. The van der Waals surface area contributed by atoms with Gasteiger partial charge >= 0.3 is 0 Å². The summed E-state index contributed by atoms with van der Waals surface area (Å²) in [7, 11) is 0. The number of carbonyl (C=O) groups is 2. The maximum absolute atomic E-state index is 11.8. The molecule has 0 saturated carbocycles. The molecule has 0 aromatic heterocycles. The summed E-state index contributed by atoms with van der Waals surface area (Å²) in [6, 6.07) is 5.16. The van der Waals surface area contributed by atoms with Crippen molar-refractivity contribution in [2.24, 2.45) is 5.92 Å². The van der Waals surface area contributed by atoms with Crippen molar-refractivity contribution in [2.45, 2.75) is 12.5 Å². The number of aliphatic hydroxyl groups is 1. The lowest BCUT2D eigenvalue weighted by molar-refractivity contribution is -0.143. The van der Waals surface area contributed by atoms with Crippen molar-refractivity contribution in [3.05, 3.63) is 28.2 Å². The first-order valence-corrected chi connectivity index (χ1v) is 5.59. The van der Waals surface area contributed by atoms with Crippen molar-refractivity contribution in [1.29, 1.82) is 0 Å². The molecule has 1 aliphatic heterocycles. The minimum absolute atomic E-state index is 0.430. The van der Waals surface area contributed by atoms with Crippen LogP contribution in [-0.2, 0) is 15.2 Å². The third-order valence-corrected chi connectivity index (χ3v) is 3.51. The number of halogens is 1. The smallest absolute Gasteiger partial charge is 0.261 e. The average Bonchev–Trinajstić information content (AvgIpc) is 2.52. The third-order valence-electron chi connectivity index (χ3n) is 2.85. The Morgan fingerprint density at radius 2 is 2.25 bits per heavy atom. The van der Waals surface area contributed by atoms with Crippen LogP contribution in [0.2, 0.25) is 0 Å². The molecule has 84 valence electrons. The molecule has 1 aliphatic rings. The first kappa shape index (κ1) is 11.3. The van der Waals surface area contributed by atoms with Crippen molar-refractivity contribution in [2.75, 3.05) is 5.32 Å². The predicted octanol–water partition coefficient (Wildman–Crippen LogP) is 1.42. The van der Waals surface area contributed by atoms with E-state index in [-0.39, 0.29) is 0 Å². The van der Waals surface area contributed by atoms with Crippen molar-refractivity contribution in [3.8, 4) is 0 Å². The second-order valence-corrected chi connectivity index (χ2v) is 4.66. The normalized spacial score (nSPS) is 24.8. The van der Waals surface area contributed by atoms with Crippen LogP contribution in [-0.4, -0.2) is 17.3 Å². The molecule has 2 rings (SSSR count). The van der Waals surface area contributed by atoms with E-state index in [0.29, 0.717) is 22.0 Å². The molecular weight excluding hydrogens is 274 g/mol. The quantitative estimate of drug-likeness (QED) is 0.807. The molecule has 2 atom stereocenters. The number of hydrogen-bond acceptors (Lipinski definition) is 3. The molecule has 0 aliphatic carbocycles. The van der Waals surface area contributed by atoms with Gasteiger partial charge in [0.15, 0.2) is 5.60 Å². The molecule has 5 heteroatoms. The SMILES string of the molecule is CC(C=O)[C@]1(O)C(=O)Nc2cccc(Br)c21. The summed E-state index contributed by atoms with van der Waals surface area (Å²) in [6.07, 6.45) is 0.578. The Balaban J connectivity index is 2.67. The van der Waals surface area contributed by atoms with E-state index in [0.717, 1.165) is 0 Å². The second kappa shape index (κ2) is 3.68.